The van der Waals surface area contributed by atoms with Gasteiger partial charge in [0.05, 0.1) is 20.3 Å². The van der Waals surface area contributed by atoms with Gasteiger partial charge in [-0.1, -0.05) is 26.2 Å². The van der Waals surface area contributed by atoms with Crippen LogP contribution in [-0.2, 0) is 19.1 Å². The lowest BCUT2D eigenvalue weighted by molar-refractivity contribution is -0.160. The van der Waals surface area contributed by atoms with Crippen LogP contribution < -0.4 is 5.32 Å². The molecule has 0 saturated carbocycles. The Balaban J connectivity index is 2.28. The van der Waals surface area contributed by atoms with E-state index in [1.807, 2.05) is 11.8 Å². The van der Waals surface area contributed by atoms with Crippen molar-refractivity contribution in [3.05, 3.63) is 0 Å². The molecule has 1 fully saturated rings. The van der Waals surface area contributed by atoms with Crippen LogP contribution in [0.2, 0.25) is 0 Å². The van der Waals surface area contributed by atoms with Gasteiger partial charge in [-0.25, -0.2) is 4.79 Å². The molecule has 1 N–H and O–H groups in total. The number of nitrogens with one attached hydrogen (secondary N) is 1. The Kier molecular flexibility index (Phi) is 8.30. The number of amides is 1. The molecule has 0 spiro atoms. The van der Waals surface area contributed by atoms with E-state index >= 15 is 0 Å². The van der Waals surface area contributed by atoms with E-state index in [1.165, 1.54) is 20.0 Å². The number of unbranched alkanes of at least 4 members (excludes halogenated alkanes) is 2. The Bertz CT molecular complexity index is 336. The molecule has 21 heavy (non-hydrogen) atoms. The highest BCUT2D eigenvalue weighted by molar-refractivity contribution is 5.79. The summed E-state index contributed by atoms with van der Waals surface area (Å²) in [5.41, 5.74) is 0. The van der Waals surface area contributed by atoms with Gasteiger partial charge >= 0.3 is 5.97 Å². The fourth-order valence-electron chi connectivity index (χ4n) is 2.42. The predicted octanol–water partition coefficient (Wildman–Crippen LogP) is 0.945. The zero-order valence-corrected chi connectivity index (χ0v) is 13.4. The summed E-state index contributed by atoms with van der Waals surface area (Å²) in [5, 5.41) is 3.01. The van der Waals surface area contributed by atoms with Crippen molar-refractivity contribution in [3.8, 4) is 0 Å². The molecule has 1 saturated heterocycles. The summed E-state index contributed by atoms with van der Waals surface area (Å²) in [5.74, 6) is -0.377. The maximum absolute atomic E-state index is 12.0. The summed E-state index contributed by atoms with van der Waals surface area (Å²) in [6.45, 7) is 6.01. The topological polar surface area (TPSA) is 67.9 Å². The first-order valence-electron chi connectivity index (χ1n) is 7.78. The average Bonchev–Trinajstić information content (AvgIpc) is 2.46. The van der Waals surface area contributed by atoms with E-state index in [0.29, 0.717) is 26.2 Å². The fourth-order valence-corrected chi connectivity index (χ4v) is 2.42. The van der Waals surface area contributed by atoms with E-state index in [9.17, 15) is 9.59 Å². The minimum atomic E-state index is -0.585. The van der Waals surface area contributed by atoms with Crippen molar-refractivity contribution in [2.45, 2.75) is 51.7 Å². The highest BCUT2D eigenvalue weighted by Gasteiger charge is 2.28. The first-order valence-corrected chi connectivity index (χ1v) is 7.78. The number of nitrogens with zero attached hydrogens (tertiary/aromatic N) is 1. The number of rotatable bonds is 8. The Morgan fingerprint density at radius 2 is 2.19 bits per heavy atom. The highest BCUT2D eigenvalue weighted by atomic mass is 16.6. The SMILES string of the molecule is CCCCCC(C)NC(=O)CN1CCOC(C(=O)OC)C1. The van der Waals surface area contributed by atoms with E-state index in [1.54, 1.807) is 0 Å². The van der Waals surface area contributed by atoms with Crippen molar-refractivity contribution >= 4 is 11.9 Å². The molecule has 0 aliphatic carbocycles. The van der Waals surface area contributed by atoms with Gasteiger partial charge in [-0.2, -0.15) is 0 Å². The number of esters is 1. The second-order valence-electron chi connectivity index (χ2n) is 5.58. The highest BCUT2D eigenvalue weighted by Crippen LogP contribution is 2.07. The number of ether oxygens (including phenoxy) is 2. The lowest BCUT2D eigenvalue weighted by Gasteiger charge is -2.31. The van der Waals surface area contributed by atoms with E-state index < -0.39 is 6.10 Å². The molecular weight excluding hydrogens is 272 g/mol. The van der Waals surface area contributed by atoms with Crippen LogP contribution in [0.15, 0.2) is 0 Å². The molecule has 2 atom stereocenters. The van der Waals surface area contributed by atoms with Crippen LogP contribution in [-0.4, -0.2) is 62.3 Å². The smallest absolute Gasteiger partial charge is 0.336 e. The van der Waals surface area contributed by atoms with Crippen molar-refractivity contribution < 1.29 is 19.1 Å². The number of carbonyl (C=O) groups is 2. The van der Waals surface area contributed by atoms with Gasteiger partial charge in [-0.3, -0.25) is 9.69 Å². The molecule has 1 aliphatic heterocycles. The zero-order valence-electron chi connectivity index (χ0n) is 13.4. The van der Waals surface area contributed by atoms with Crippen molar-refractivity contribution in [1.29, 1.82) is 0 Å². The third-order valence-corrected chi connectivity index (χ3v) is 3.63. The first kappa shape index (κ1) is 17.9. The summed E-state index contributed by atoms with van der Waals surface area (Å²) >= 11 is 0. The molecule has 0 bridgehead atoms. The number of methoxy groups -OCH3 is 1. The van der Waals surface area contributed by atoms with Crippen molar-refractivity contribution in [3.63, 3.8) is 0 Å². The molecule has 6 heteroatoms. The molecule has 1 aliphatic rings. The molecular formula is C15H28N2O4. The monoisotopic (exact) mass is 300 g/mol. The van der Waals surface area contributed by atoms with E-state index in [-0.39, 0.29) is 17.9 Å². The van der Waals surface area contributed by atoms with Gasteiger partial charge in [0.15, 0.2) is 6.10 Å². The zero-order chi connectivity index (χ0) is 15.7. The largest absolute Gasteiger partial charge is 0.467 e. The maximum Gasteiger partial charge on any atom is 0.336 e. The summed E-state index contributed by atoms with van der Waals surface area (Å²) < 4.78 is 10.0. The molecule has 1 rings (SSSR count). The summed E-state index contributed by atoms with van der Waals surface area (Å²) in [4.78, 5) is 25.4. The molecule has 0 aromatic heterocycles. The van der Waals surface area contributed by atoms with Crippen LogP contribution in [0, 0.1) is 0 Å². The van der Waals surface area contributed by atoms with E-state index in [0.717, 1.165) is 12.8 Å². The minimum Gasteiger partial charge on any atom is -0.467 e. The molecule has 2 unspecified atom stereocenters. The van der Waals surface area contributed by atoms with Crippen molar-refractivity contribution in [2.75, 3.05) is 33.4 Å². The third kappa shape index (κ3) is 6.91. The molecule has 0 aromatic rings. The third-order valence-electron chi connectivity index (χ3n) is 3.63. The predicted molar refractivity (Wildman–Crippen MR) is 79.9 cm³/mol. The van der Waals surface area contributed by atoms with E-state index in [2.05, 4.69) is 17.0 Å². The lowest BCUT2D eigenvalue weighted by atomic mass is 10.1. The molecule has 0 radical (unpaired) electrons. The molecule has 1 amide bonds. The minimum absolute atomic E-state index is 0.00418. The first-order chi connectivity index (χ1) is 10.1. The summed E-state index contributed by atoms with van der Waals surface area (Å²) in [6, 6.07) is 0.196. The van der Waals surface area contributed by atoms with Crippen LogP contribution in [0.5, 0.6) is 0 Å². The van der Waals surface area contributed by atoms with Gasteiger partial charge in [0.1, 0.15) is 0 Å². The molecule has 1 heterocycles. The van der Waals surface area contributed by atoms with Crippen molar-refractivity contribution in [2.24, 2.45) is 0 Å². The van der Waals surface area contributed by atoms with Crippen LogP contribution in [0.25, 0.3) is 0 Å². The Morgan fingerprint density at radius 3 is 2.86 bits per heavy atom. The second-order valence-corrected chi connectivity index (χ2v) is 5.58. The lowest BCUT2D eigenvalue weighted by Crippen LogP contribution is -2.50. The quantitative estimate of drug-likeness (QED) is 0.534. The van der Waals surface area contributed by atoms with Gasteiger partial charge < -0.3 is 14.8 Å². The van der Waals surface area contributed by atoms with Gasteiger partial charge in [-0.15, -0.1) is 0 Å². The van der Waals surface area contributed by atoms with Gasteiger partial charge in [0.2, 0.25) is 5.91 Å². The van der Waals surface area contributed by atoms with Crippen molar-refractivity contribution in [1.82, 2.24) is 10.2 Å². The van der Waals surface area contributed by atoms with Gasteiger partial charge in [0.25, 0.3) is 0 Å². The number of hydrogen-bond donors (Lipinski definition) is 1. The number of hydrogen-bond acceptors (Lipinski definition) is 5. The van der Waals surface area contributed by atoms with E-state index in [4.69, 9.17) is 4.74 Å². The normalized spacial score (nSPS) is 20.8. The summed E-state index contributed by atoms with van der Waals surface area (Å²) in [6.07, 6.45) is 3.94. The summed E-state index contributed by atoms with van der Waals surface area (Å²) in [7, 11) is 1.34. The standard InChI is InChI=1S/C15H28N2O4/c1-4-5-6-7-12(2)16-14(18)11-17-8-9-21-13(10-17)15(19)20-3/h12-13H,4-11H2,1-3H3,(H,16,18). The number of carbonyl (C=O) groups excluding carboxylic acids is 2. The molecule has 0 aromatic carbocycles. The van der Waals surface area contributed by atoms with Crippen LogP contribution >= 0.6 is 0 Å². The fraction of sp³-hybridized carbons (Fsp3) is 0.867. The number of morpholine rings is 1. The van der Waals surface area contributed by atoms with Crippen LogP contribution in [0.4, 0.5) is 0 Å². The molecule has 6 nitrogen and oxygen atoms in total. The second kappa shape index (κ2) is 9.73. The average molecular weight is 300 g/mol. The maximum atomic E-state index is 12.0. The Hall–Kier alpha value is -1.14. The van der Waals surface area contributed by atoms with Crippen LogP contribution in [0.3, 0.4) is 0 Å². The Labute approximate surface area is 127 Å². The van der Waals surface area contributed by atoms with Gasteiger partial charge in [-0.05, 0) is 13.3 Å². The Morgan fingerprint density at radius 1 is 1.43 bits per heavy atom. The molecule has 122 valence electrons. The van der Waals surface area contributed by atoms with Gasteiger partial charge in [0, 0.05) is 19.1 Å². The van der Waals surface area contributed by atoms with Crippen LogP contribution in [0.1, 0.15) is 39.5 Å².